The van der Waals surface area contributed by atoms with Gasteiger partial charge in [-0.1, -0.05) is 24.1 Å². The Hall–Kier alpha value is -1.46. The molecule has 0 amide bonds. The largest absolute Gasteiger partial charge is 0.488 e. The van der Waals surface area contributed by atoms with Crippen LogP contribution >= 0.6 is 0 Å². The molecule has 0 aliphatic carbocycles. The van der Waals surface area contributed by atoms with Crippen molar-refractivity contribution in [3.8, 4) is 18.1 Å². The number of fused-ring (bicyclic) bond motifs is 1. The lowest BCUT2D eigenvalue weighted by molar-refractivity contribution is 0.226. The van der Waals surface area contributed by atoms with Gasteiger partial charge in [0.25, 0.3) is 0 Å². The quantitative estimate of drug-likeness (QED) is 0.750. The third-order valence-electron chi connectivity index (χ3n) is 2.62. The van der Waals surface area contributed by atoms with E-state index in [0.29, 0.717) is 0 Å². The maximum absolute atomic E-state index is 5.77. The number of rotatable bonds is 3. The smallest absolute Gasteiger partial charge is 0.123 e. The minimum absolute atomic E-state index is 0.109. The van der Waals surface area contributed by atoms with E-state index in [0.717, 1.165) is 18.7 Å². The molecule has 1 aliphatic heterocycles. The molecule has 1 aliphatic rings. The summed E-state index contributed by atoms with van der Waals surface area (Å²) in [6.45, 7) is 2.78. The van der Waals surface area contributed by atoms with Crippen molar-refractivity contribution in [2.75, 3.05) is 6.54 Å². The summed E-state index contributed by atoms with van der Waals surface area (Å²) in [5, 5.41) is 3.25. The third-order valence-corrected chi connectivity index (χ3v) is 2.62. The summed E-state index contributed by atoms with van der Waals surface area (Å²) < 4.78 is 5.77. The lowest BCUT2D eigenvalue weighted by Gasteiger charge is -2.13. The molecule has 1 heterocycles. The Bertz CT molecular complexity index is 355. The van der Waals surface area contributed by atoms with Gasteiger partial charge in [-0.3, -0.25) is 0 Å². The van der Waals surface area contributed by atoms with Crippen LogP contribution in [0, 0.1) is 12.3 Å². The molecular formula is C13H15NO. The van der Waals surface area contributed by atoms with E-state index >= 15 is 0 Å². The average Bonchev–Trinajstić information content (AvgIpc) is 2.68. The summed E-state index contributed by atoms with van der Waals surface area (Å²) in [6, 6.07) is 8.28. The number of hydrogen-bond donors (Lipinski definition) is 1. The Kier molecular flexibility index (Phi) is 2.94. The van der Waals surface area contributed by atoms with E-state index in [1.807, 2.05) is 25.1 Å². The van der Waals surface area contributed by atoms with Crippen molar-refractivity contribution in [1.29, 1.82) is 0 Å². The van der Waals surface area contributed by atoms with Crippen molar-refractivity contribution in [3.63, 3.8) is 0 Å². The van der Waals surface area contributed by atoms with Gasteiger partial charge < -0.3 is 10.1 Å². The summed E-state index contributed by atoms with van der Waals surface area (Å²) in [7, 11) is 0. The van der Waals surface area contributed by atoms with Crippen molar-refractivity contribution in [3.05, 3.63) is 29.8 Å². The van der Waals surface area contributed by atoms with E-state index < -0.39 is 0 Å². The number of hydrogen-bond acceptors (Lipinski definition) is 2. The lowest BCUT2D eigenvalue weighted by atomic mass is 10.1. The first-order chi connectivity index (χ1) is 7.29. The van der Waals surface area contributed by atoms with Crippen molar-refractivity contribution in [2.24, 2.45) is 0 Å². The van der Waals surface area contributed by atoms with Gasteiger partial charge in [-0.05, 0) is 18.6 Å². The molecule has 0 saturated carbocycles. The molecule has 0 saturated heterocycles. The Balaban J connectivity index is 1.89. The van der Waals surface area contributed by atoms with Gasteiger partial charge in [-0.15, -0.1) is 6.42 Å². The second kappa shape index (κ2) is 4.37. The molecular weight excluding hydrogens is 186 g/mol. The second-order valence-corrected chi connectivity index (χ2v) is 3.85. The average molecular weight is 201 g/mol. The minimum atomic E-state index is 0.109. The highest BCUT2D eigenvalue weighted by Gasteiger charge is 2.21. The Labute approximate surface area is 90.6 Å². The zero-order valence-corrected chi connectivity index (χ0v) is 8.86. The summed E-state index contributed by atoms with van der Waals surface area (Å²) in [5.41, 5.74) is 1.29. The fourth-order valence-electron chi connectivity index (χ4n) is 1.73. The van der Waals surface area contributed by atoms with Gasteiger partial charge >= 0.3 is 0 Å². The SMILES string of the molecule is C#CC(C)NCC1Cc2ccccc2O1. The molecule has 15 heavy (non-hydrogen) atoms. The van der Waals surface area contributed by atoms with E-state index in [1.54, 1.807) is 0 Å². The van der Waals surface area contributed by atoms with Crippen molar-refractivity contribution < 1.29 is 4.74 Å². The maximum atomic E-state index is 5.77. The van der Waals surface area contributed by atoms with E-state index in [9.17, 15) is 0 Å². The molecule has 1 N–H and O–H groups in total. The van der Waals surface area contributed by atoms with Crippen molar-refractivity contribution >= 4 is 0 Å². The predicted molar refractivity (Wildman–Crippen MR) is 60.9 cm³/mol. The molecule has 0 spiro atoms. The van der Waals surface area contributed by atoms with Crippen LogP contribution in [0.5, 0.6) is 5.75 Å². The molecule has 2 heteroatoms. The predicted octanol–water partition coefficient (Wildman–Crippen LogP) is 1.60. The molecule has 2 rings (SSSR count). The Morgan fingerprint density at radius 1 is 1.60 bits per heavy atom. The molecule has 0 aromatic heterocycles. The molecule has 0 fully saturated rings. The fraction of sp³-hybridized carbons (Fsp3) is 0.385. The minimum Gasteiger partial charge on any atom is -0.488 e. The van der Waals surface area contributed by atoms with Crippen LogP contribution in [0.1, 0.15) is 12.5 Å². The zero-order valence-electron chi connectivity index (χ0n) is 8.86. The van der Waals surface area contributed by atoms with Gasteiger partial charge in [-0.2, -0.15) is 0 Å². The van der Waals surface area contributed by atoms with Gasteiger partial charge in [-0.25, -0.2) is 0 Å². The summed E-state index contributed by atoms with van der Waals surface area (Å²) in [6.07, 6.45) is 6.48. The molecule has 2 atom stereocenters. The van der Waals surface area contributed by atoms with Crippen molar-refractivity contribution in [1.82, 2.24) is 5.32 Å². The number of nitrogens with one attached hydrogen (secondary N) is 1. The van der Waals surface area contributed by atoms with E-state index in [4.69, 9.17) is 11.2 Å². The van der Waals surface area contributed by atoms with Crippen molar-refractivity contribution in [2.45, 2.75) is 25.5 Å². The molecule has 0 bridgehead atoms. The highest BCUT2D eigenvalue weighted by Crippen LogP contribution is 2.27. The summed E-state index contributed by atoms with van der Waals surface area (Å²) in [5.74, 6) is 3.66. The number of benzene rings is 1. The molecule has 78 valence electrons. The van der Waals surface area contributed by atoms with Gasteiger partial charge in [0, 0.05) is 13.0 Å². The van der Waals surface area contributed by atoms with Crippen LogP contribution in [0.3, 0.4) is 0 Å². The normalized spacial score (nSPS) is 20.1. The fourth-order valence-corrected chi connectivity index (χ4v) is 1.73. The van der Waals surface area contributed by atoms with Gasteiger partial charge in [0.15, 0.2) is 0 Å². The van der Waals surface area contributed by atoms with Crippen LogP contribution in [-0.4, -0.2) is 18.7 Å². The highest BCUT2D eigenvalue weighted by atomic mass is 16.5. The Morgan fingerprint density at radius 2 is 2.40 bits per heavy atom. The first kappa shape index (κ1) is 10.1. The van der Waals surface area contributed by atoms with Crippen LogP contribution in [0.15, 0.2) is 24.3 Å². The number of terminal acetylenes is 1. The number of para-hydroxylation sites is 1. The van der Waals surface area contributed by atoms with E-state index in [2.05, 4.69) is 17.3 Å². The van der Waals surface area contributed by atoms with Crippen LogP contribution in [-0.2, 0) is 6.42 Å². The molecule has 2 unspecified atom stereocenters. The van der Waals surface area contributed by atoms with Gasteiger partial charge in [0.1, 0.15) is 11.9 Å². The summed E-state index contributed by atoms with van der Waals surface area (Å²) >= 11 is 0. The molecule has 2 nitrogen and oxygen atoms in total. The highest BCUT2D eigenvalue weighted by molar-refractivity contribution is 5.37. The first-order valence-corrected chi connectivity index (χ1v) is 5.23. The van der Waals surface area contributed by atoms with Crippen LogP contribution < -0.4 is 10.1 Å². The van der Waals surface area contributed by atoms with E-state index in [1.165, 1.54) is 5.56 Å². The number of ether oxygens (including phenoxy) is 1. The molecule has 0 radical (unpaired) electrons. The molecule has 1 aromatic rings. The van der Waals surface area contributed by atoms with Gasteiger partial charge in [0.2, 0.25) is 0 Å². The second-order valence-electron chi connectivity index (χ2n) is 3.85. The van der Waals surface area contributed by atoms with E-state index in [-0.39, 0.29) is 12.1 Å². The molecule has 1 aromatic carbocycles. The van der Waals surface area contributed by atoms with Crippen LogP contribution in [0.25, 0.3) is 0 Å². The lowest BCUT2D eigenvalue weighted by Crippen LogP contribution is -2.35. The third kappa shape index (κ3) is 2.31. The zero-order chi connectivity index (χ0) is 10.7. The first-order valence-electron chi connectivity index (χ1n) is 5.23. The standard InChI is InChI=1S/C13H15NO/c1-3-10(2)14-9-12-8-11-6-4-5-7-13(11)15-12/h1,4-7,10,12,14H,8-9H2,2H3. The van der Waals surface area contributed by atoms with Gasteiger partial charge in [0.05, 0.1) is 6.04 Å². The topological polar surface area (TPSA) is 21.3 Å². The van der Waals surface area contributed by atoms with Crippen LogP contribution in [0.2, 0.25) is 0 Å². The summed E-state index contributed by atoms with van der Waals surface area (Å²) in [4.78, 5) is 0. The monoisotopic (exact) mass is 201 g/mol. The van der Waals surface area contributed by atoms with Crippen LogP contribution in [0.4, 0.5) is 0 Å². The maximum Gasteiger partial charge on any atom is 0.123 e. The Morgan fingerprint density at radius 3 is 3.13 bits per heavy atom.